The summed E-state index contributed by atoms with van der Waals surface area (Å²) in [4.78, 5) is 0. The Hall–Kier alpha value is 0.0269. The molecule has 3 nitrogen and oxygen atoms in total. The fourth-order valence-electron chi connectivity index (χ4n) is 1.61. The molecule has 1 rings (SSSR count). The lowest BCUT2D eigenvalue weighted by Gasteiger charge is -2.48. The topological polar surface area (TPSA) is 49.7 Å². The van der Waals surface area contributed by atoms with Gasteiger partial charge in [0.05, 0.1) is 11.1 Å². The molecule has 1 aliphatic rings. The van der Waals surface area contributed by atoms with Crippen LogP contribution >= 0.6 is 10.6 Å². The van der Waals surface area contributed by atoms with Crippen LogP contribution in [0.3, 0.4) is 0 Å². The van der Waals surface area contributed by atoms with Gasteiger partial charge in [0.15, 0.2) is 0 Å². The van der Waals surface area contributed by atoms with E-state index in [9.17, 15) is 9.11 Å². The Labute approximate surface area is 82.2 Å². The quantitative estimate of drug-likeness (QED) is 0.722. The molecule has 0 saturated heterocycles. The zero-order chi connectivity index (χ0) is 10.3. The monoisotopic (exact) mass is 222 g/mol. The van der Waals surface area contributed by atoms with E-state index in [2.05, 4.69) is 19.6 Å². The maximum Gasteiger partial charge on any atom is 0.130 e. The third kappa shape index (κ3) is 2.09. The van der Waals surface area contributed by atoms with Crippen LogP contribution in [0.15, 0.2) is 10.3 Å². The molecule has 0 aliphatic carbocycles. The third-order valence-corrected chi connectivity index (χ3v) is 7.92. The predicted molar refractivity (Wildman–Crippen MR) is 59.7 cm³/mol. The molecular formula is C8H18O3SSi. The van der Waals surface area contributed by atoms with E-state index in [1.165, 1.54) is 0 Å². The molecule has 0 radical (unpaired) electrons. The van der Waals surface area contributed by atoms with Crippen LogP contribution in [0.4, 0.5) is 0 Å². The Morgan fingerprint density at radius 3 is 2.23 bits per heavy atom. The summed E-state index contributed by atoms with van der Waals surface area (Å²) in [5, 5.41) is 0. The van der Waals surface area contributed by atoms with Gasteiger partial charge in [-0.15, -0.1) is 0 Å². The highest BCUT2D eigenvalue weighted by atomic mass is 32.3. The standard InChI is InChI=1S/C8H18O3SSi/c1-5-11-7-6-12(9,10)8(7)13(2,3)4/h9-10H,5-6H2,1-4H3. The van der Waals surface area contributed by atoms with Crippen LogP contribution in [-0.2, 0) is 4.74 Å². The van der Waals surface area contributed by atoms with Crippen LogP contribution in [0.1, 0.15) is 6.92 Å². The molecule has 0 spiro atoms. The molecular weight excluding hydrogens is 204 g/mol. The minimum Gasteiger partial charge on any atom is -0.495 e. The Balaban J connectivity index is 2.92. The summed E-state index contributed by atoms with van der Waals surface area (Å²) in [5.74, 6) is 1.17. The Bertz CT molecular complexity index is 242. The van der Waals surface area contributed by atoms with Gasteiger partial charge in [0.1, 0.15) is 19.6 Å². The highest BCUT2D eigenvalue weighted by Crippen LogP contribution is 2.62. The highest BCUT2D eigenvalue weighted by Gasteiger charge is 2.43. The van der Waals surface area contributed by atoms with E-state index in [0.29, 0.717) is 12.4 Å². The van der Waals surface area contributed by atoms with Gasteiger partial charge in [-0.3, -0.25) is 9.11 Å². The van der Waals surface area contributed by atoms with Crippen molar-refractivity contribution in [1.29, 1.82) is 0 Å². The Morgan fingerprint density at radius 1 is 1.38 bits per heavy atom. The van der Waals surface area contributed by atoms with Crippen LogP contribution in [0.25, 0.3) is 0 Å². The van der Waals surface area contributed by atoms with Gasteiger partial charge in [-0.25, -0.2) is 0 Å². The van der Waals surface area contributed by atoms with Crippen molar-refractivity contribution >= 4 is 18.7 Å². The molecule has 0 unspecified atom stereocenters. The second-order valence-corrected chi connectivity index (χ2v) is 11.6. The van der Waals surface area contributed by atoms with E-state index in [0.717, 1.165) is 10.3 Å². The predicted octanol–water partition coefficient (Wildman–Crippen LogP) is 2.88. The largest absolute Gasteiger partial charge is 0.495 e. The van der Waals surface area contributed by atoms with Gasteiger partial charge >= 0.3 is 0 Å². The first-order valence-corrected chi connectivity index (χ1v) is 9.63. The average Bonchev–Trinajstić information content (AvgIpc) is 1.80. The minimum atomic E-state index is -2.43. The van der Waals surface area contributed by atoms with Crippen molar-refractivity contribution in [2.45, 2.75) is 26.6 Å². The van der Waals surface area contributed by atoms with Crippen LogP contribution in [-0.4, -0.2) is 29.5 Å². The van der Waals surface area contributed by atoms with Crippen molar-refractivity contribution in [3.63, 3.8) is 0 Å². The molecule has 0 aromatic rings. The van der Waals surface area contributed by atoms with Gasteiger partial charge < -0.3 is 4.74 Å². The van der Waals surface area contributed by atoms with Gasteiger partial charge in [0, 0.05) is 0 Å². The second kappa shape index (κ2) is 3.31. The summed E-state index contributed by atoms with van der Waals surface area (Å²) in [6.07, 6.45) is 0. The molecule has 0 aromatic heterocycles. The molecule has 0 saturated carbocycles. The van der Waals surface area contributed by atoms with Gasteiger partial charge in [-0.05, 0) is 6.92 Å². The third-order valence-electron chi connectivity index (χ3n) is 1.91. The molecule has 0 bridgehead atoms. The van der Waals surface area contributed by atoms with Crippen molar-refractivity contribution in [1.82, 2.24) is 0 Å². The van der Waals surface area contributed by atoms with Crippen LogP contribution in [0.5, 0.6) is 0 Å². The van der Waals surface area contributed by atoms with Gasteiger partial charge in [-0.1, -0.05) is 19.6 Å². The summed E-state index contributed by atoms with van der Waals surface area (Å²) in [6, 6.07) is 0. The van der Waals surface area contributed by atoms with E-state index >= 15 is 0 Å². The average molecular weight is 222 g/mol. The number of hydrogen-bond acceptors (Lipinski definition) is 3. The summed E-state index contributed by atoms with van der Waals surface area (Å²) in [7, 11) is -4.05. The Kier molecular flexibility index (Phi) is 2.83. The lowest BCUT2D eigenvalue weighted by Crippen LogP contribution is -2.38. The lowest BCUT2D eigenvalue weighted by atomic mass is 10.6. The Morgan fingerprint density at radius 2 is 1.92 bits per heavy atom. The van der Waals surface area contributed by atoms with E-state index < -0.39 is 18.7 Å². The zero-order valence-corrected chi connectivity index (χ0v) is 10.4. The fraction of sp³-hybridized carbons (Fsp3) is 0.750. The van der Waals surface area contributed by atoms with E-state index in [-0.39, 0.29) is 0 Å². The van der Waals surface area contributed by atoms with Crippen molar-refractivity contribution in [3.05, 3.63) is 10.3 Å². The molecule has 78 valence electrons. The zero-order valence-electron chi connectivity index (χ0n) is 8.63. The van der Waals surface area contributed by atoms with Crippen molar-refractivity contribution in [3.8, 4) is 0 Å². The highest BCUT2D eigenvalue weighted by molar-refractivity contribution is 8.30. The summed E-state index contributed by atoms with van der Waals surface area (Å²) < 4.78 is 25.5. The molecule has 13 heavy (non-hydrogen) atoms. The summed E-state index contributed by atoms with van der Waals surface area (Å²) >= 11 is 0. The van der Waals surface area contributed by atoms with E-state index in [4.69, 9.17) is 4.74 Å². The second-order valence-electron chi connectivity index (χ2n) is 4.25. The number of rotatable bonds is 3. The molecule has 1 heterocycles. The van der Waals surface area contributed by atoms with Crippen molar-refractivity contribution < 1.29 is 13.8 Å². The number of hydrogen-bond donors (Lipinski definition) is 2. The molecule has 0 aromatic carbocycles. The molecule has 5 heteroatoms. The first-order chi connectivity index (χ1) is 5.79. The normalized spacial score (nSPS) is 23.8. The molecule has 1 aliphatic heterocycles. The first kappa shape index (κ1) is 11.1. The lowest BCUT2D eigenvalue weighted by molar-refractivity contribution is 0.225. The minimum absolute atomic E-state index is 0.334. The molecule has 0 fully saturated rings. The molecule has 0 atom stereocenters. The van der Waals surface area contributed by atoms with Gasteiger partial charge in [-0.2, -0.15) is 10.6 Å². The van der Waals surface area contributed by atoms with Gasteiger partial charge in [0.25, 0.3) is 0 Å². The van der Waals surface area contributed by atoms with Crippen LogP contribution < -0.4 is 0 Å². The van der Waals surface area contributed by atoms with Crippen molar-refractivity contribution in [2.24, 2.45) is 0 Å². The van der Waals surface area contributed by atoms with E-state index in [1.54, 1.807) is 0 Å². The first-order valence-electron chi connectivity index (χ1n) is 4.41. The molecule has 0 amide bonds. The smallest absolute Gasteiger partial charge is 0.130 e. The molecule has 2 N–H and O–H groups in total. The maximum absolute atomic E-state index is 9.64. The van der Waals surface area contributed by atoms with Crippen molar-refractivity contribution in [2.75, 3.05) is 12.4 Å². The van der Waals surface area contributed by atoms with E-state index in [1.807, 2.05) is 6.92 Å². The fourth-order valence-corrected chi connectivity index (χ4v) is 7.86. The number of ether oxygens (including phenoxy) is 1. The SMILES string of the molecule is CCOC1=C([Si](C)(C)C)S(O)(O)C1. The van der Waals surface area contributed by atoms with Crippen LogP contribution in [0, 0.1) is 0 Å². The van der Waals surface area contributed by atoms with Crippen LogP contribution in [0.2, 0.25) is 19.6 Å². The van der Waals surface area contributed by atoms with Gasteiger partial charge in [0.2, 0.25) is 0 Å². The summed E-state index contributed by atoms with van der Waals surface area (Å²) in [6.45, 7) is 8.84. The summed E-state index contributed by atoms with van der Waals surface area (Å²) in [5.41, 5.74) is 0. The maximum atomic E-state index is 9.64.